The highest BCUT2D eigenvalue weighted by molar-refractivity contribution is 5.95. The van der Waals surface area contributed by atoms with Crippen molar-refractivity contribution in [2.24, 2.45) is 0 Å². The Morgan fingerprint density at radius 3 is 2.46 bits per heavy atom. The van der Waals surface area contributed by atoms with E-state index in [-0.39, 0.29) is 18.4 Å². The number of para-hydroxylation sites is 2. The predicted molar refractivity (Wildman–Crippen MR) is 139 cm³/mol. The minimum absolute atomic E-state index is 0.0322. The highest BCUT2D eigenvalue weighted by Crippen LogP contribution is 2.20. The minimum Gasteiger partial charge on any atom is -0.453 e. The van der Waals surface area contributed by atoms with E-state index >= 15 is 0 Å². The Morgan fingerprint density at radius 1 is 1.06 bits per heavy atom. The van der Waals surface area contributed by atoms with Crippen LogP contribution in [0.25, 0.3) is 11.0 Å². The third kappa shape index (κ3) is 6.78. The summed E-state index contributed by atoms with van der Waals surface area (Å²) in [7, 11) is 0. The summed E-state index contributed by atoms with van der Waals surface area (Å²) in [5.74, 6) is -0.498. The molecule has 35 heavy (non-hydrogen) atoms. The first-order valence-electron chi connectivity index (χ1n) is 12.4. The average molecular weight is 478 g/mol. The lowest BCUT2D eigenvalue weighted by molar-refractivity contribution is -0.153. The van der Waals surface area contributed by atoms with Crippen LogP contribution in [0.4, 0.5) is 5.69 Å². The van der Waals surface area contributed by atoms with Gasteiger partial charge in [-0.15, -0.1) is 0 Å². The molecule has 186 valence electrons. The topological polar surface area (TPSA) is 90.3 Å². The second kappa shape index (κ2) is 12.3. The van der Waals surface area contributed by atoms with Crippen molar-refractivity contribution in [3.63, 3.8) is 0 Å². The van der Waals surface area contributed by atoms with Crippen molar-refractivity contribution >= 4 is 28.6 Å². The van der Waals surface area contributed by atoms with Gasteiger partial charge in [0.25, 0.3) is 11.5 Å². The first-order chi connectivity index (χ1) is 16.8. The SMILES string of the molecule is CCCCn1c(=O)c(CCC(=O)OC(C)C(=O)Nc2ccc(C(C)CC)cc2)nc2ccccc21. The molecule has 0 aliphatic carbocycles. The molecule has 7 nitrogen and oxygen atoms in total. The smallest absolute Gasteiger partial charge is 0.306 e. The van der Waals surface area contributed by atoms with Crippen LogP contribution < -0.4 is 10.9 Å². The fourth-order valence-corrected chi connectivity index (χ4v) is 3.85. The highest BCUT2D eigenvalue weighted by atomic mass is 16.5. The summed E-state index contributed by atoms with van der Waals surface area (Å²) in [6, 6.07) is 15.2. The van der Waals surface area contributed by atoms with E-state index in [9.17, 15) is 14.4 Å². The summed E-state index contributed by atoms with van der Waals surface area (Å²) >= 11 is 0. The van der Waals surface area contributed by atoms with Gasteiger partial charge < -0.3 is 14.6 Å². The summed E-state index contributed by atoms with van der Waals surface area (Å²) < 4.78 is 7.05. The van der Waals surface area contributed by atoms with Crippen LogP contribution in [0.3, 0.4) is 0 Å². The van der Waals surface area contributed by atoms with Crippen LogP contribution in [0.15, 0.2) is 53.3 Å². The Hall–Kier alpha value is -3.48. The number of aryl methyl sites for hydroxylation is 2. The molecule has 0 saturated heterocycles. The Labute approximate surface area is 206 Å². The summed E-state index contributed by atoms with van der Waals surface area (Å²) in [5, 5.41) is 2.78. The summed E-state index contributed by atoms with van der Waals surface area (Å²) in [5.41, 5.74) is 3.52. The highest BCUT2D eigenvalue weighted by Gasteiger charge is 2.19. The van der Waals surface area contributed by atoms with Crippen LogP contribution in [0.5, 0.6) is 0 Å². The number of benzene rings is 2. The number of hydrogen-bond acceptors (Lipinski definition) is 5. The second-order valence-electron chi connectivity index (χ2n) is 8.91. The maximum absolute atomic E-state index is 13.0. The van der Waals surface area contributed by atoms with Gasteiger partial charge in [0.1, 0.15) is 5.69 Å². The number of unbranched alkanes of at least 4 members (excludes halogenated alkanes) is 1. The fraction of sp³-hybridized carbons (Fsp3) is 0.429. The number of carbonyl (C=O) groups excluding carboxylic acids is 2. The molecule has 0 bridgehead atoms. The number of fused-ring (bicyclic) bond motifs is 1. The molecule has 0 aliphatic rings. The maximum Gasteiger partial charge on any atom is 0.306 e. The van der Waals surface area contributed by atoms with Gasteiger partial charge in [-0.2, -0.15) is 0 Å². The van der Waals surface area contributed by atoms with Crippen LogP contribution >= 0.6 is 0 Å². The zero-order valence-electron chi connectivity index (χ0n) is 21.0. The normalized spacial score (nSPS) is 12.8. The van der Waals surface area contributed by atoms with E-state index in [0.717, 1.165) is 30.3 Å². The Kier molecular flexibility index (Phi) is 9.18. The van der Waals surface area contributed by atoms with E-state index in [4.69, 9.17) is 4.74 Å². The zero-order chi connectivity index (χ0) is 25.4. The van der Waals surface area contributed by atoms with Crippen molar-refractivity contribution < 1.29 is 14.3 Å². The molecule has 3 aromatic rings. The van der Waals surface area contributed by atoms with Crippen LogP contribution in [-0.4, -0.2) is 27.5 Å². The first-order valence-corrected chi connectivity index (χ1v) is 12.4. The average Bonchev–Trinajstić information content (AvgIpc) is 2.87. The van der Waals surface area contributed by atoms with Gasteiger partial charge in [0, 0.05) is 18.7 Å². The number of anilines is 1. The Balaban J connectivity index is 1.60. The molecule has 0 radical (unpaired) electrons. The van der Waals surface area contributed by atoms with Crippen LogP contribution in [0.1, 0.15) is 70.6 Å². The molecule has 0 spiro atoms. The van der Waals surface area contributed by atoms with Crippen LogP contribution in [0.2, 0.25) is 0 Å². The van der Waals surface area contributed by atoms with Crippen molar-refractivity contribution in [2.45, 2.75) is 78.4 Å². The standard InChI is InChI=1S/C28H35N3O4/c1-5-7-18-31-25-11-9-8-10-23(25)30-24(28(31)34)16-17-26(32)35-20(4)27(33)29-22-14-12-21(13-15-22)19(3)6-2/h8-15,19-20H,5-7,16-18H2,1-4H3,(H,29,33). The van der Waals surface area contributed by atoms with Gasteiger partial charge in [-0.05, 0) is 55.5 Å². The molecule has 2 unspecified atom stereocenters. The zero-order valence-corrected chi connectivity index (χ0v) is 21.0. The molecule has 1 amide bonds. The van der Waals surface area contributed by atoms with E-state index in [0.29, 0.717) is 23.8 Å². The molecule has 1 N–H and O–H groups in total. The molecule has 2 atom stereocenters. The molecule has 7 heteroatoms. The molecule has 3 rings (SSSR count). The summed E-state index contributed by atoms with van der Waals surface area (Å²) in [4.78, 5) is 42.4. The number of esters is 1. The third-order valence-corrected chi connectivity index (χ3v) is 6.26. The maximum atomic E-state index is 13.0. The molecule has 2 aromatic carbocycles. The molecular formula is C28H35N3O4. The molecule has 1 aromatic heterocycles. The molecule has 0 saturated carbocycles. The van der Waals surface area contributed by atoms with Crippen molar-refractivity contribution in [2.75, 3.05) is 5.32 Å². The number of amides is 1. The lowest BCUT2D eigenvalue weighted by Crippen LogP contribution is -2.30. The van der Waals surface area contributed by atoms with E-state index in [1.165, 1.54) is 12.5 Å². The van der Waals surface area contributed by atoms with Gasteiger partial charge in [-0.25, -0.2) is 4.98 Å². The van der Waals surface area contributed by atoms with E-state index in [1.807, 2.05) is 48.5 Å². The van der Waals surface area contributed by atoms with Gasteiger partial charge in [-0.1, -0.05) is 51.5 Å². The molecule has 0 aliphatic heterocycles. The van der Waals surface area contributed by atoms with Gasteiger partial charge >= 0.3 is 5.97 Å². The molecular weight excluding hydrogens is 442 g/mol. The lowest BCUT2D eigenvalue weighted by atomic mass is 9.99. The number of rotatable bonds is 11. The van der Waals surface area contributed by atoms with Crippen LogP contribution in [0, 0.1) is 0 Å². The van der Waals surface area contributed by atoms with E-state index in [1.54, 1.807) is 4.57 Å². The van der Waals surface area contributed by atoms with Gasteiger partial charge in [0.2, 0.25) is 0 Å². The van der Waals surface area contributed by atoms with Crippen molar-refractivity contribution in [3.8, 4) is 0 Å². The largest absolute Gasteiger partial charge is 0.453 e. The van der Waals surface area contributed by atoms with Gasteiger partial charge in [-0.3, -0.25) is 14.4 Å². The lowest BCUT2D eigenvalue weighted by Gasteiger charge is -2.15. The second-order valence-corrected chi connectivity index (χ2v) is 8.91. The number of hydrogen-bond donors (Lipinski definition) is 1. The van der Waals surface area contributed by atoms with E-state index in [2.05, 4.69) is 31.1 Å². The van der Waals surface area contributed by atoms with Crippen molar-refractivity contribution in [3.05, 3.63) is 70.1 Å². The number of nitrogens with one attached hydrogen (secondary N) is 1. The monoisotopic (exact) mass is 477 g/mol. The quantitative estimate of drug-likeness (QED) is 0.383. The number of aromatic nitrogens is 2. The first kappa shape index (κ1) is 26.1. The summed E-state index contributed by atoms with van der Waals surface area (Å²) in [6.07, 6.45) is 2.05. The number of carbonyl (C=O) groups is 2. The Bertz CT molecular complexity index is 1220. The minimum atomic E-state index is -0.956. The number of ether oxygens (including phenoxy) is 1. The van der Waals surface area contributed by atoms with E-state index < -0.39 is 18.0 Å². The predicted octanol–water partition coefficient (Wildman–Crippen LogP) is 5.21. The Morgan fingerprint density at radius 2 is 1.77 bits per heavy atom. The molecule has 1 heterocycles. The van der Waals surface area contributed by atoms with Crippen LogP contribution in [-0.2, 0) is 27.3 Å². The molecule has 0 fully saturated rings. The van der Waals surface area contributed by atoms with Crippen molar-refractivity contribution in [1.82, 2.24) is 9.55 Å². The van der Waals surface area contributed by atoms with Crippen molar-refractivity contribution in [1.29, 1.82) is 0 Å². The summed E-state index contributed by atoms with van der Waals surface area (Å²) in [6.45, 7) is 8.50. The van der Waals surface area contributed by atoms with Gasteiger partial charge in [0.05, 0.1) is 17.5 Å². The third-order valence-electron chi connectivity index (χ3n) is 6.26. The van der Waals surface area contributed by atoms with Gasteiger partial charge in [0.15, 0.2) is 6.10 Å². The number of nitrogens with zero attached hydrogens (tertiary/aromatic N) is 2. The fourth-order valence-electron chi connectivity index (χ4n) is 3.85.